The number of nitro benzene ring substituents is 1. The molecule has 1 heterocycles. The summed E-state index contributed by atoms with van der Waals surface area (Å²) < 4.78 is 25.8. The minimum Gasteiger partial charge on any atom is -0.490 e. The third kappa shape index (κ3) is 5.75. The molecule has 36 heavy (non-hydrogen) atoms. The van der Waals surface area contributed by atoms with Crippen LogP contribution in [0.3, 0.4) is 0 Å². The van der Waals surface area contributed by atoms with E-state index in [1.807, 2.05) is 6.92 Å². The Bertz CT molecular complexity index is 1380. The Morgan fingerprint density at radius 2 is 1.92 bits per heavy atom. The van der Waals surface area contributed by atoms with Crippen LogP contribution in [-0.4, -0.2) is 21.8 Å². The van der Waals surface area contributed by atoms with Gasteiger partial charge in [0.15, 0.2) is 15.8 Å². The van der Waals surface area contributed by atoms with E-state index in [1.165, 1.54) is 35.2 Å². The Kier molecular flexibility index (Phi) is 8.02. The van der Waals surface area contributed by atoms with Crippen molar-refractivity contribution in [3.8, 4) is 11.5 Å². The minimum absolute atomic E-state index is 0.132. The smallest absolute Gasteiger partial charge is 0.271 e. The van der Waals surface area contributed by atoms with E-state index in [0.717, 1.165) is 17.3 Å². The lowest BCUT2D eigenvalue weighted by molar-refractivity contribution is -0.384. The minimum atomic E-state index is -0.524. The van der Waals surface area contributed by atoms with E-state index in [2.05, 4.69) is 15.9 Å². The Labute approximate surface area is 224 Å². The standard InChI is InChI=1S/C25H18BrFN2O5S2/c1-2-33-21-11-16(10-20(26)23(21)34-14-15-6-8-17(27)9-7-15)12-22-24(30)28(25(35)36-22)18-4-3-5-19(13-18)29(31)32/h3-13H,2,14H2,1H3/b22-12+. The number of hydrogen-bond acceptors (Lipinski definition) is 7. The van der Waals surface area contributed by atoms with Crippen molar-refractivity contribution < 1.29 is 23.6 Å². The summed E-state index contributed by atoms with van der Waals surface area (Å²) in [6, 6.07) is 15.3. The quantitative estimate of drug-likeness (QED) is 0.123. The summed E-state index contributed by atoms with van der Waals surface area (Å²) in [6.07, 6.45) is 1.67. The normalized spacial score (nSPS) is 14.4. The molecule has 0 spiro atoms. The molecule has 1 aliphatic rings. The zero-order valence-electron chi connectivity index (χ0n) is 18.8. The van der Waals surface area contributed by atoms with Gasteiger partial charge >= 0.3 is 0 Å². The van der Waals surface area contributed by atoms with Crippen LogP contribution in [0.4, 0.5) is 15.8 Å². The van der Waals surface area contributed by atoms with Gasteiger partial charge in [0.25, 0.3) is 11.6 Å². The van der Waals surface area contributed by atoms with Gasteiger partial charge in [-0.3, -0.25) is 19.8 Å². The lowest BCUT2D eigenvalue weighted by Crippen LogP contribution is -2.27. The Hall–Kier alpha value is -3.28. The number of amides is 1. The third-order valence-corrected chi connectivity index (χ3v) is 6.91. The first kappa shape index (κ1) is 25.8. The molecular formula is C25H18BrFN2O5S2. The SMILES string of the molecule is CCOc1cc(/C=C2/SC(=S)N(c3cccc([N+](=O)[O-])c3)C2=O)cc(Br)c1OCc1ccc(F)cc1. The van der Waals surface area contributed by atoms with Crippen molar-refractivity contribution in [2.24, 2.45) is 0 Å². The molecule has 0 bridgehead atoms. The molecule has 184 valence electrons. The van der Waals surface area contributed by atoms with Gasteiger partial charge < -0.3 is 9.47 Å². The van der Waals surface area contributed by atoms with Crippen molar-refractivity contribution in [3.63, 3.8) is 0 Å². The first-order chi connectivity index (χ1) is 17.3. The first-order valence-electron chi connectivity index (χ1n) is 10.6. The van der Waals surface area contributed by atoms with E-state index >= 15 is 0 Å². The molecule has 1 amide bonds. The van der Waals surface area contributed by atoms with Crippen molar-refractivity contribution in [3.05, 3.63) is 97.1 Å². The zero-order chi connectivity index (χ0) is 25.8. The predicted octanol–water partition coefficient (Wildman–Crippen LogP) is 6.88. The number of rotatable bonds is 8. The van der Waals surface area contributed by atoms with Crippen molar-refractivity contribution in [1.82, 2.24) is 0 Å². The number of thiocarbonyl (C=S) groups is 1. The van der Waals surface area contributed by atoms with Crippen LogP contribution in [0.25, 0.3) is 6.08 Å². The number of non-ortho nitro benzene ring substituents is 1. The fourth-order valence-corrected chi connectivity index (χ4v) is 5.27. The molecule has 7 nitrogen and oxygen atoms in total. The monoisotopic (exact) mass is 588 g/mol. The molecular weight excluding hydrogens is 571 g/mol. The second-order valence-corrected chi connectivity index (χ2v) is 10.0. The van der Waals surface area contributed by atoms with Crippen LogP contribution in [0, 0.1) is 15.9 Å². The molecule has 0 atom stereocenters. The Morgan fingerprint density at radius 3 is 2.61 bits per heavy atom. The number of thioether (sulfide) groups is 1. The van der Waals surface area contributed by atoms with Gasteiger partial charge in [-0.15, -0.1) is 0 Å². The molecule has 0 radical (unpaired) electrons. The molecule has 3 aromatic carbocycles. The summed E-state index contributed by atoms with van der Waals surface area (Å²) in [5.41, 5.74) is 1.65. The molecule has 0 unspecified atom stereocenters. The van der Waals surface area contributed by atoms with Crippen molar-refractivity contribution in [2.45, 2.75) is 13.5 Å². The number of benzene rings is 3. The molecule has 4 rings (SSSR count). The van der Waals surface area contributed by atoms with Gasteiger partial charge in [-0.1, -0.05) is 42.2 Å². The molecule has 1 aliphatic heterocycles. The molecule has 0 saturated carbocycles. The van der Waals surface area contributed by atoms with Gasteiger partial charge in [0.1, 0.15) is 12.4 Å². The van der Waals surface area contributed by atoms with E-state index < -0.39 is 4.92 Å². The number of ether oxygens (including phenoxy) is 2. The molecule has 11 heteroatoms. The molecule has 3 aromatic rings. The van der Waals surface area contributed by atoms with Gasteiger partial charge in [0.05, 0.1) is 26.6 Å². The number of hydrogen-bond donors (Lipinski definition) is 0. The highest BCUT2D eigenvalue weighted by Crippen LogP contribution is 2.41. The highest BCUT2D eigenvalue weighted by molar-refractivity contribution is 9.10. The second-order valence-electron chi connectivity index (χ2n) is 7.47. The highest BCUT2D eigenvalue weighted by atomic mass is 79.9. The van der Waals surface area contributed by atoms with Gasteiger partial charge in [-0.25, -0.2) is 4.39 Å². The van der Waals surface area contributed by atoms with E-state index in [1.54, 1.807) is 36.4 Å². The lowest BCUT2D eigenvalue weighted by Gasteiger charge is -2.15. The van der Waals surface area contributed by atoms with Crippen molar-refractivity contribution in [2.75, 3.05) is 11.5 Å². The van der Waals surface area contributed by atoms with Crippen molar-refractivity contribution >= 4 is 67.6 Å². The van der Waals surface area contributed by atoms with E-state index in [0.29, 0.717) is 38.7 Å². The fourth-order valence-electron chi connectivity index (χ4n) is 3.40. The maximum Gasteiger partial charge on any atom is 0.271 e. The van der Waals surface area contributed by atoms with Crippen LogP contribution in [0.5, 0.6) is 11.5 Å². The number of nitro groups is 1. The van der Waals surface area contributed by atoms with Crippen molar-refractivity contribution in [1.29, 1.82) is 0 Å². The maximum absolute atomic E-state index is 13.2. The van der Waals surface area contributed by atoms with Crippen LogP contribution < -0.4 is 14.4 Å². The van der Waals surface area contributed by atoms with Gasteiger partial charge in [-0.05, 0) is 70.4 Å². The molecule has 0 aromatic heterocycles. The number of nitrogens with zero attached hydrogens (tertiary/aromatic N) is 2. The largest absolute Gasteiger partial charge is 0.490 e. The van der Waals surface area contributed by atoms with Crippen LogP contribution >= 0.6 is 39.9 Å². The molecule has 1 saturated heterocycles. The van der Waals surface area contributed by atoms with Crippen LogP contribution in [0.2, 0.25) is 0 Å². The Balaban J connectivity index is 1.60. The van der Waals surface area contributed by atoms with Gasteiger partial charge in [0.2, 0.25) is 0 Å². The number of halogens is 2. The van der Waals surface area contributed by atoms with Crippen LogP contribution in [0.15, 0.2) is 70.0 Å². The topological polar surface area (TPSA) is 81.9 Å². The van der Waals surface area contributed by atoms with E-state index in [-0.39, 0.29) is 28.3 Å². The summed E-state index contributed by atoms with van der Waals surface area (Å²) in [7, 11) is 0. The lowest BCUT2D eigenvalue weighted by atomic mass is 10.1. The molecule has 1 fully saturated rings. The number of carbonyl (C=O) groups excluding carboxylic acids is 1. The van der Waals surface area contributed by atoms with Crippen LogP contribution in [0.1, 0.15) is 18.1 Å². The molecule has 0 aliphatic carbocycles. The Morgan fingerprint density at radius 1 is 1.17 bits per heavy atom. The first-order valence-corrected chi connectivity index (χ1v) is 12.6. The average molecular weight is 589 g/mol. The summed E-state index contributed by atoms with van der Waals surface area (Å²) in [4.78, 5) is 25.4. The predicted molar refractivity (Wildman–Crippen MR) is 145 cm³/mol. The summed E-state index contributed by atoms with van der Waals surface area (Å²) in [6.45, 7) is 2.44. The third-order valence-electron chi connectivity index (χ3n) is 5.02. The summed E-state index contributed by atoms with van der Waals surface area (Å²) >= 11 is 10.0. The van der Waals surface area contributed by atoms with E-state index in [4.69, 9.17) is 21.7 Å². The van der Waals surface area contributed by atoms with E-state index in [9.17, 15) is 19.3 Å². The van der Waals surface area contributed by atoms with Gasteiger partial charge in [-0.2, -0.15) is 0 Å². The zero-order valence-corrected chi connectivity index (χ0v) is 22.0. The highest BCUT2D eigenvalue weighted by Gasteiger charge is 2.34. The maximum atomic E-state index is 13.2. The van der Waals surface area contributed by atoms with Gasteiger partial charge in [0, 0.05) is 12.1 Å². The average Bonchev–Trinajstić information content (AvgIpc) is 3.12. The fraction of sp³-hybridized carbons (Fsp3) is 0.120. The second kappa shape index (κ2) is 11.2. The molecule has 0 N–H and O–H groups in total. The number of carbonyl (C=O) groups is 1. The summed E-state index contributed by atoms with van der Waals surface area (Å²) in [5.74, 6) is 0.239. The van der Waals surface area contributed by atoms with Crippen LogP contribution in [-0.2, 0) is 11.4 Å². The number of anilines is 1. The summed E-state index contributed by atoms with van der Waals surface area (Å²) in [5, 5.41) is 11.1.